The Bertz CT molecular complexity index is 495. The number of aryl methyl sites for hydroxylation is 1. The number of carbonyl (C=O) groups is 1. The van der Waals surface area contributed by atoms with E-state index < -0.39 is 0 Å². The second-order valence-electron chi connectivity index (χ2n) is 4.59. The van der Waals surface area contributed by atoms with E-state index in [1.807, 2.05) is 13.8 Å². The molecule has 0 radical (unpaired) electrons. The molecule has 1 aromatic heterocycles. The van der Waals surface area contributed by atoms with Gasteiger partial charge in [0.05, 0.1) is 11.6 Å². The van der Waals surface area contributed by atoms with Gasteiger partial charge in [-0.15, -0.1) is 11.3 Å². The molecule has 2 rings (SSSR count). The molecule has 0 aliphatic carbocycles. The number of hydrogen-bond donors (Lipinski definition) is 2. The van der Waals surface area contributed by atoms with Crippen molar-refractivity contribution in [3.63, 3.8) is 0 Å². The number of rotatable bonds is 2. The van der Waals surface area contributed by atoms with Crippen LogP contribution < -0.4 is 10.6 Å². The smallest absolute Gasteiger partial charge is 0.242 e. The lowest BCUT2D eigenvalue weighted by atomic mass is 10.0. The van der Waals surface area contributed by atoms with Crippen LogP contribution in [0.15, 0.2) is 0 Å². The van der Waals surface area contributed by atoms with Crippen LogP contribution in [0.3, 0.4) is 0 Å². The molecule has 1 saturated heterocycles. The first-order valence-electron chi connectivity index (χ1n) is 6.18. The van der Waals surface area contributed by atoms with Crippen molar-refractivity contribution in [1.29, 1.82) is 5.26 Å². The Balaban J connectivity index is 2.11. The average Bonchev–Trinajstić information content (AvgIpc) is 2.65. The maximum atomic E-state index is 12.1. The fourth-order valence-electron chi connectivity index (χ4n) is 2.12. The van der Waals surface area contributed by atoms with Crippen molar-refractivity contribution in [2.24, 2.45) is 0 Å². The predicted octanol–water partition coefficient (Wildman–Crippen LogP) is 2.32. The molecule has 18 heavy (non-hydrogen) atoms. The topological polar surface area (TPSA) is 64.9 Å². The van der Waals surface area contributed by atoms with Crippen LogP contribution in [-0.2, 0) is 4.79 Å². The Hall–Kier alpha value is -1.38. The summed E-state index contributed by atoms with van der Waals surface area (Å²) in [4.78, 5) is 13.2. The lowest BCUT2D eigenvalue weighted by Crippen LogP contribution is -2.43. The first-order valence-corrected chi connectivity index (χ1v) is 6.99. The van der Waals surface area contributed by atoms with Gasteiger partial charge in [-0.3, -0.25) is 4.79 Å². The Morgan fingerprint density at radius 2 is 2.28 bits per heavy atom. The minimum absolute atomic E-state index is 0.0209. The number of anilines is 1. The van der Waals surface area contributed by atoms with Gasteiger partial charge >= 0.3 is 0 Å². The van der Waals surface area contributed by atoms with Crippen molar-refractivity contribution < 1.29 is 4.79 Å². The van der Waals surface area contributed by atoms with Crippen LogP contribution in [0.1, 0.15) is 35.3 Å². The van der Waals surface area contributed by atoms with Gasteiger partial charge < -0.3 is 10.6 Å². The van der Waals surface area contributed by atoms with Gasteiger partial charge in [0.1, 0.15) is 11.1 Å². The van der Waals surface area contributed by atoms with Gasteiger partial charge in [0.2, 0.25) is 5.91 Å². The van der Waals surface area contributed by atoms with Gasteiger partial charge in [-0.05, 0) is 38.8 Å². The molecule has 0 bridgehead atoms. The highest BCUT2D eigenvalue weighted by atomic mass is 32.1. The van der Waals surface area contributed by atoms with Crippen LogP contribution >= 0.6 is 11.3 Å². The standard InChI is InChI=1S/C13H17N3OS/c1-8-9(2)18-13(10(8)7-14)16-12(17)11-5-3-4-6-15-11/h11,15H,3-6H2,1-2H3,(H,16,17)/t11-/m1/s1. The Morgan fingerprint density at radius 3 is 2.89 bits per heavy atom. The SMILES string of the molecule is Cc1sc(NC(=O)[C@H]2CCCCN2)c(C#N)c1C. The fourth-order valence-corrected chi connectivity index (χ4v) is 3.14. The summed E-state index contributed by atoms with van der Waals surface area (Å²) in [6.45, 7) is 4.78. The lowest BCUT2D eigenvalue weighted by molar-refractivity contribution is -0.118. The van der Waals surface area contributed by atoms with Crippen LogP contribution in [0.5, 0.6) is 0 Å². The summed E-state index contributed by atoms with van der Waals surface area (Å²) in [7, 11) is 0. The molecule has 2 N–H and O–H groups in total. The molecular weight excluding hydrogens is 246 g/mol. The molecule has 0 unspecified atom stereocenters. The number of thiophene rings is 1. The summed E-state index contributed by atoms with van der Waals surface area (Å²) in [6.07, 6.45) is 3.08. The van der Waals surface area contributed by atoms with Crippen LogP contribution in [0.4, 0.5) is 5.00 Å². The second kappa shape index (κ2) is 5.51. The number of amides is 1. The highest BCUT2D eigenvalue weighted by molar-refractivity contribution is 7.16. The molecule has 5 heteroatoms. The molecule has 1 fully saturated rings. The maximum Gasteiger partial charge on any atom is 0.242 e. The summed E-state index contributed by atoms with van der Waals surface area (Å²) in [5.41, 5.74) is 1.57. The van der Waals surface area contributed by atoms with Crippen molar-refractivity contribution in [2.75, 3.05) is 11.9 Å². The highest BCUT2D eigenvalue weighted by Gasteiger charge is 2.22. The quantitative estimate of drug-likeness (QED) is 0.860. The number of nitrogens with zero attached hydrogens (tertiary/aromatic N) is 1. The molecule has 1 aromatic rings. The van der Waals surface area contributed by atoms with Crippen LogP contribution in [0, 0.1) is 25.2 Å². The van der Waals surface area contributed by atoms with Crippen LogP contribution in [0.2, 0.25) is 0 Å². The van der Waals surface area contributed by atoms with Crippen LogP contribution in [0.25, 0.3) is 0 Å². The maximum absolute atomic E-state index is 12.1. The van der Waals surface area contributed by atoms with Crippen molar-refractivity contribution >= 4 is 22.2 Å². The molecule has 2 heterocycles. The molecule has 0 aromatic carbocycles. The minimum Gasteiger partial charge on any atom is -0.315 e. The van der Waals surface area contributed by atoms with Gasteiger partial charge in [0.15, 0.2) is 0 Å². The Labute approximate surface area is 111 Å². The number of nitriles is 1. The van der Waals surface area contributed by atoms with Gasteiger partial charge in [-0.2, -0.15) is 5.26 Å². The molecule has 0 saturated carbocycles. The third-order valence-corrected chi connectivity index (χ3v) is 4.48. The van der Waals surface area contributed by atoms with E-state index in [1.54, 1.807) is 0 Å². The van der Waals surface area contributed by atoms with Crippen molar-refractivity contribution in [3.05, 3.63) is 16.0 Å². The zero-order valence-electron chi connectivity index (χ0n) is 10.7. The number of piperidine rings is 1. The zero-order chi connectivity index (χ0) is 13.1. The van der Waals surface area contributed by atoms with Gasteiger partial charge in [-0.1, -0.05) is 6.42 Å². The first kappa shape index (κ1) is 13.1. The molecule has 4 nitrogen and oxygen atoms in total. The van der Waals surface area contributed by atoms with Crippen molar-refractivity contribution in [3.8, 4) is 6.07 Å². The van der Waals surface area contributed by atoms with E-state index >= 15 is 0 Å². The number of hydrogen-bond acceptors (Lipinski definition) is 4. The largest absolute Gasteiger partial charge is 0.315 e. The second-order valence-corrected chi connectivity index (χ2v) is 5.82. The zero-order valence-corrected chi connectivity index (χ0v) is 11.5. The summed E-state index contributed by atoms with van der Waals surface area (Å²) in [5.74, 6) is -0.0209. The number of carbonyl (C=O) groups excluding carboxylic acids is 1. The molecule has 96 valence electrons. The third-order valence-electron chi connectivity index (χ3n) is 3.36. The average molecular weight is 263 g/mol. The van der Waals surface area contributed by atoms with E-state index in [4.69, 9.17) is 5.26 Å². The third kappa shape index (κ3) is 2.55. The Kier molecular flexibility index (Phi) is 4.00. The van der Waals surface area contributed by atoms with Gasteiger partial charge in [-0.25, -0.2) is 0 Å². The Morgan fingerprint density at radius 1 is 1.50 bits per heavy atom. The monoisotopic (exact) mass is 263 g/mol. The normalized spacial score (nSPS) is 19.3. The van der Waals surface area contributed by atoms with E-state index in [0.717, 1.165) is 36.2 Å². The molecule has 1 aliphatic heterocycles. The first-order chi connectivity index (χ1) is 8.63. The summed E-state index contributed by atoms with van der Waals surface area (Å²) >= 11 is 1.48. The van der Waals surface area contributed by atoms with E-state index in [0.29, 0.717) is 10.6 Å². The summed E-state index contributed by atoms with van der Waals surface area (Å²) in [5, 5.41) is 15.9. The highest BCUT2D eigenvalue weighted by Crippen LogP contribution is 2.31. The van der Waals surface area contributed by atoms with E-state index in [9.17, 15) is 4.79 Å². The lowest BCUT2D eigenvalue weighted by Gasteiger charge is -2.22. The van der Waals surface area contributed by atoms with E-state index in [2.05, 4.69) is 16.7 Å². The molecular formula is C13H17N3OS. The van der Waals surface area contributed by atoms with Crippen molar-refractivity contribution in [1.82, 2.24) is 5.32 Å². The summed E-state index contributed by atoms with van der Waals surface area (Å²) in [6, 6.07) is 2.05. The minimum atomic E-state index is -0.118. The molecule has 1 atom stereocenters. The van der Waals surface area contributed by atoms with Gasteiger partial charge in [0, 0.05) is 4.88 Å². The van der Waals surface area contributed by atoms with E-state index in [-0.39, 0.29) is 11.9 Å². The number of nitrogens with one attached hydrogen (secondary N) is 2. The fraction of sp³-hybridized carbons (Fsp3) is 0.538. The molecule has 1 amide bonds. The van der Waals surface area contributed by atoms with E-state index in [1.165, 1.54) is 11.3 Å². The predicted molar refractivity (Wildman–Crippen MR) is 72.8 cm³/mol. The van der Waals surface area contributed by atoms with Gasteiger partial charge in [0.25, 0.3) is 0 Å². The molecule has 1 aliphatic rings. The van der Waals surface area contributed by atoms with Crippen molar-refractivity contribution in [2.45, 2.75) is 39.2 Å². The van der Waals surface area contributed by atoms with Crippen LogP contribution in [-0.4, -0.2) is 18.5 Å². The molecule has 0 spiro atoms. The summed E-state index contributed by atoms with van der Waals surface area (Å²) < 4.78 is 0.